The number of benzene rings is 5. The molecule has 0 spiro atoms. The van der Waals surface area contributed by atoms with E-state index in [9.17, 15) is 14.7 Å². The summed E-state index contributed by atoms with van der Waals surface area (Å²) in [4.78, 5) is 24.9. The molecule has 2 N–H and O–H groups in total. The predicted molar refractivity (Wildman–Crippen MR) is 132 cm³/mol. The zero-order valence-electron chi connectivity index (χ0n) is 18.0. The number of rotatable bonds is 6. The molecule has 162 valence electrons. The minimum Gasteiger partial charge on any atom is -0.480 e. The van der Waals surface area contributed by atoms with Crippen molar-refractivity contribution in [3.63, 3.8) is 0 Å². The van der Waals surface area contributed by atoms with Gasteiger partial charge in [-0.05, 0) is 49.5 Å². The fraction of sp³-hybridized carbons (Fsp3) is 0.103. The summed E-state index contributed by atoms with van der Waals surface area (Å²) in [6.45, 7) is 0. The van der Waals surface area contributed by atoms with Crippen LogP contribution in [0.3, 0.4) is 0 Å². The number of carbonyl (C=O) groups excluding carboxylic acids is 1. The third-order valence-electron chi connectivity index (χ3n) is 6.10. The number of amides is 1. The lowest BCUT2D eigenvalue weighted by atomic mass is 9.92. The van der Waals surface area contributed by atoms with Gasteiger partial charge >= 0.3 is 5.97 Å². The molecular weight excluding hydrogens is 410 g/mol. The van der Waals surface area contributed by atoms with Crippen molar-refractivity contribution >= 4 is 44.2 Å². The van der Waals surface area contributed by atoms with Crippen molar-refractivity contribution in [1.29, 1.82) is 0 Å². The van der Waals surface area contributed by atoms with Gasteiger partial charge in [0, 0.05) is 6.42 Å². The minimum atomic E-state index is -1.04. The molecule has 5 aromatic carbocycles. The Hall–Kier alpha value is -4.18. The fourth-order valence-corrected chi connectivity index (χ4v) is 4.51. The lowest BCUT2D eigenvalue weighted by molar-refractivity contribution is -0.141. The maximum absolute atomic E-state index is 12.8. The summed E-state index contributed by atoms with van der Waals surface area (Å²) in [6, 6.07) is 30.8. The monoisotopic (exact) mass is 433 g/mol. The number of hydrogen-bond donors (Lipinski definition) is 2. The quantitative estimate of drug-likeness (QED) is 0.348. The number of hydrogen-bond acceptors (Lipinski definition) is 2. The summed E-state index contributed by atoms with van der Waals surface area (Å²) in [5.74, 6) is -1.35. The van der Waals surface area contributed by atoms with Crippen LogP contribution in [0.15, 0.2) is 97.1 Å². The molecule has 0 saturated heterocycles. The molecule has 0 radical (unpaired) electrons. The first-order valence-electron chi connectivity index (χ1n) is 11.0. The number of carboxylic acid groups (broad SMARTS) is 1. The molecule has 1 amide bonds. The van der Waals surface area contributed by atoms with Crippen molar-refractivity contribution in [2.24, 2.45) is 0 Å². The van der Waals surface area contributed by atoms with E-state index in [2.05, 4.69) is 11.4 Å². The highest BCUT2D eigenvalue weighted by Crippen LogP contribution is 2.29. The molecule has 5 rings (SSSR count). The molecule has 0 bridgehead atoms. The molecule has 0 aliphatic carbocycles. The van der Waals surface area contributed by atoms with Crippen molar-refractivity contribution in [3.05, 3.63) is 108 Å². The number of aliphatic carboxylic acids is 1. The van der Waals surface area contributed by atoms with Crippen LogP contribution in [0.5, 0.6) is 0 Å². The van der Waals surface area contributed by atoms with E-state index in [0.29, 0.717) is 0 Å². The van der Waals surface area contributed by atoms with Gasteiger partial charge in [0.25, 0.3) is 0 Å². The molecule has 0 saturated carbocycles. The average molecular weight is 434 g/mol. The molecule has 33 heavy (non-hydrogen) atoms. The zero-order chi connectivity index (χ0) is 22.8. The Morgan fingerprint density at radius 3 is 1.91 bits per heavy atom. The second kappa shape index (κ2) is 8.75. The molecule has 4 heteroatoms. The van der Waals surface area contributed by atoms with Gasteiger partial charge in [-0.25, -0.2) is 4.79 Å². The first-order valence-corrected chi connectivity index (χ1v) is 11.0. The van der Waals surface area contributed by atoms with E-state index in [4.69, 9.17) is 0 Å². The summed E-state index contributed by atoms with van der Waals surface area (Å²) in [7, 11) is 0. The summed E-state index contributed by atoms with van der Waals surface area (Å²) < 4.78 is 0. The number of nitrogens with one attached hydrogen (secondary N) is 1. The Kier molecular flexibility index (Phi) is 5.49. The van der Waals surface area contributed by atoms with E-state index in [1.54, 1.807) is 0 Å². The van der Waals surface area contributed by atoms with Gasteiger partial charge in [0.15, 0.2) is 0 Å². The molecule has 0 aromatic heterocycles. The highest BCUT2D eigenvalue weighted by Gasteiger charge is 2.23. The number of carbonyl (C=O) groups is 2. The Balaban J connectivity index is 1.43. The van der Waals surface area contributed by atoms with E-state index < -0.39 is 12.0 Å². The zero-order valence-corrected chi connectivity index (χ0v) is 18.0. The average Bonchev–Trinajstić information content (AvgIpc) is 2.83. The fourth-order valence-electron chi connectivity index (χ4n) is 4.51. The topological polar surface area (TPSA) is 66.4 Å². The summed E-state index contributed by atoms with van der Waals surface area (Å²) in [6.07, 6.45) is 0.339. The first-order chi connectivity index (χ1) is 16.1. The molecule has 0 fully saturated rings. The third kappa shape index (κ3) is 4.28. The standard InChI is InChI=1S/C29H23NO3/c31-28(16-19-13-14-20-7-1-2-8-21(20)15-19)30-27(29(32)33)18-26-24-11-5-3-9-22(24)17-23-10-4-6-12-25(23)26/h1-15,17,27H,16,18H2,(H,30,31)(H,32,33)/t27-/m1/s1. The number of carboxylic acids is 1. The first kappa shape index (κ1) is 20.7. The molecular formula is C29H23NO3. The van der Waals surface area contributed by atoms with Crippen molar-refractivity contribution in [3.8, 4) is 0 Å². The van der Waals surface area contributed by atoms with Crippen LogP contribution in [-0.4, -0.2) is 23.0 Å². The SMILES string of the molecule is O=C(Cc1ccc2ccccc2c1)N[C@H](Cc1c2ccccc2cc2ccccc12)C(=O)O. The summed E-state index contributed by atoms with van der Waals surface area (Å²) in [5.41, 5.74) is 1.79. The van der Waals surface area contributed by atoms with Gasteiger partial charge in [0.1, 0.15) is 6.04 Å². The van der Waals surface area contributed by atoms with Crippen LogP contribution < -0.4 is 5.32 Å². The summed E-state index contributed by atoms with van der Waals surface area (Å²) >= 11 is 0. The molecule has 4 nitrogen and oxygen atoms in total. The Morgan fingerprint density at radius 1 is 0.697 bits per heavy atom. The predicted octanol–water partition coefficient (Wildman–Crippen LogP) is 5.50. The Bertz CT molecular complexity index is 1450. The van der Waals surface area contributed by atoms with Gasteiger partial charge in [-0.15, -0.1) is 0 Å². The van der Waals surface area contributed by atoms with E-state index in [1.165, 1.54) is 0 Å². The molecule has 0 heterocycles. The molecule has 5 aromatic rings. The van der Waals surface area contributed by atoms with Crippen LogP contribution in [0.2, 0.25) is 0 Å². The highest BCUT2D eigenvalue weighted by atomic mass is 16.4. The minimum absolute atomic E-state index is 0.130. The molecule has 0 aliphatic heterocycles. The van der Waals surface area contributed by atoms with E-state index in [-0.39, 0.29) is 18.7 Å². The van der Waals surface area contributed by atoms with Gasteiger partial charge in [-0.2, -0.15) is 0 Å². The van der Waals surface area contributed by atoms with Crippen LogP contribution in [0.1, 0.15) is 11.1 Å². The van der Waals surface area contributed by atoms with Crippen molar-refractivity contribution in [2.45, 2.75) is 18.9 Å². The highest BCUT2D eigenvalue weighted by molar-refractivity contribution is 6.02. The van der Waals surface area contributed by atoms with Crippen LogP contribution in [0, 0.1) is 0 Å². The van der Waals surface area contributed by atoms with Crippen molar-refractivity contribution in [1.82, 2.24) is 5.32 Å². The molecule has 0 unspecified atom stereocenters. The summed E-state index contributed by atoms with van der Waals surface area (Å²) in [5, 5.41) is 19.0. The lowest BCUT2D eigenvalue weighted by Gasteiger charge is -2.18. The van der Waals surface area contributed by atoms with E-state index >= 15 is 0 Å². The van der Waals surface area contributed by atoms with E-state index in [0.717, 1.165) is 43.4 Å². The van der Waals surface area contributed by atoms with Gasteiger partial charge in [0.05, 0.1) is 6.42 Å². The normalized spacial score (nSPS) is 12.1. The van der Waals surface area contributed by atoms with Crippen LogP contribution in [-0.2, 0) is 22.4 Å². The largest absolute Gasteiger partial charge is 0.480 e. The molecule has 1 atom stereocenters. The smallest absolute Gasteiger partial charge is 0.326 e. The third-order valence-corrected chi connectivity index (χ3v) is 6.10. The number of fused-ring (bicyclic) bond motifs is 3. The van der Waals surface area contributed by atoms with Gasteiger partial charge in [0.2, 0.25) is 5.91 Å². The second-order valence-corrected chi connectivity index (χ2v) is 8.32. The Labute approximate surface area is 191 Å². The van der Waals surface area contributed by atoms with Gasteiger partial charge in [-0.1, -0.05) is 91.0 Å². The van der Waals surface area contributed by atoms with Crippen molar-refractivity contribution in [2.75, 3.05) is 0 Å². The van der Waals surface area contributed by atoms with Gasteiger partial charge in [-0.3, -0.25) is 4.79 Å². The van der Waals surface area contributed by atoms with Crippen LogP contribution in [0.4, 0.5) is 0 Å². The lowest BCUT2D eigenvalue weighted by Crippen LogP contribution is -2.43. The van der Waals surface area contributed by atoms with Crippen LogP contribution >= 0.6 is 0 Å². The maximum Gasteiger partial charge on any atom is 0.326 e. The Morgan fingerprint density at radius 2 is 1.27 bits per heavy atom. The van der Waals surface area contributed by atoms with E-state index in [1.807, 2.05) is 91.0 Å². The van der Waals surface area contributed by atoms with Crippen LogP contribution in [0.25, 0.3) is 32.3 Å². The second-order valence-electron chi connectivity index (χ2n) is 8.32. The molecule has 0 aliphatic rings. The maximum atomic E-state index is 12.8. The van der Waals surface area contributed by atoms with Gasteiger partial charge < -0.3 is 10.4 Å². The van der Waals surface area contributed by atoms with Crippen molar-refractivity contribution < 1.29 is 14.7 Å².